The van der Waals surface area contributed by atoms with Gasteiger partial charge in [0.05, 0.1) is 0 Å². The van der Waals surface area contributed by atoms with Gasteiger partial charge in [0.25, 0.3) is 5.91 Å². The van der Waals surface area contributed by atoms with Crippen LogP contribution in [-0.2, 0) is 9.59 Å². The predicted molar refractivity (Wildman–Crippen MR) is 45.0 cm³/mol. The number of hydrogen-bond donors (Lipinski definition) is 2. The molecule has 1 amide bonds. The minimum Gasteiger partial charge on any atom is -0.480 e. The highest BCUT2D eigenvalue weighted by atomic mass is 19.3. The second-order valence-corrected chi connectivity index (χ2v) is 3.01. The van der Waals surface area contributed by atoms with Crippen LogP contribution < -0.4 is 5.32 Å². The van der Waals surface area contributed by atoms with Gasteiger partial charge < -0.3 is 10.4 Å². The molecule has 0 aromatic carbocycles. The van der Waals surface area contributed by atoms with Gasteiger partial charge in [-0.1, -0.05) is 20.3 Å². The molecule has 2 atom stereocenters. The number of aliphatic carboxylic acids is 1. The van der Waals surface area contributed by atoms with Crippen molar-refractivity contribution in [1.82, 2.24) is 5.32 Å². The highest BCUT2D eigenvalue weighted by Gasteiger charge is 2.28. The summed E-state index contributed by atoms with van der Waals surface area (Å²) in [6.07, 6.45) is -2.69. The van der Waals surface area contributed by atoms with E-state index in [1.165, 1.54) is 0 Å². The Hall–Kier alpha value is -1.20. The number of amides is 1. The first kappa shape index (κ1) is 12.8. The normalized spacial score (nSPS) is 14.9. The molecule has 0 aliphatic heterocycles. The summed E-state index contributed by atoms with van der Waals surface area (Å²) in [6.45, 7) is 3.29. The minimum atomic E-state index is -3.18. The average Bonchev–Trinajstić information content (AvgIpc) is 2.11. The number of halogens is 2. The molecule has 6 heteroatoms. The van der Waals surface area contributed by atoms with Gasteiger partial charge in [-0.05, 0) is 5.92 Å². The first-order valence-electron chi connectivity index (χ1n) is 4.21. The minimum absolute atomic E-state index is 0.379. The van der Waals surface area contributed by atoms with Crippen LogP contribution >= 0.6 is 0 Å². The second kappa shape index (κ2) is 5.51. The lowest BCUT2D eigenvalue weighted by Crippen LogP contribution is -2.47. The van der Waals surface area contributed by atoms with Gasteiger partial charge in [0.15, 0.2) is 0 Å². The summed E-state index contributed by atoms with van der Waals surface area (Å²) < 4.78 is 23.6. The van der Waals surface area contributed by atoms with E-state index < -0.39 is 24.3 Å². The molecule has 4 nitrogen and oxygen atoms in total. The van der Waals surface area contributed by atoms with Crippen LogP contribution in [0.15, 0.2) is 0 Å². The van der Waals surface area contributed by atoms with Crippen LogP contribution in [0.2, 0.25) is 0 Å². The smallest absolute Gasteiger partial charge is 0.326 e. The SMILES string of the molecule is CC[C@H](C)[C@H](NC(=O)C(F)F)C(=O)O. The molecule has 0 aromatic rings. The molecule has 0 fully saturated rings. The van der Waals surface area contributed by atoms with Crippen LogP contribution in [0.3, 0.4) is 0 Å². The van der Waals surface area contributed by atoms with Crippen molar-refractivity contribution in [2.75, 3.05) is 0 Å². The third-order valence-electron chi connectivity index (χ3n) is 1.97. The second-order valence-electron chi connectivity index (χ2n) is 3.01. The Morgan fingerprint density at radius 3 is 2.21 bits per heavy atom. The van der Waals surface area contributed by atoms with Crippen LogP contribution in [0, 0.1) is 5.92 Å². The zero-order valence-corrected chi connectivity index (χ0v) is 7.96. The molecular weight excluding hydrogens is 196 g/mol. The maximum atomic E-state index is 11.8. The van der Waals surface area contributed by atoms with Crippen molar-refractivity contribution < 1.29 is 23.5 Å². The van der Waals surface area contributed by atoms with Crippen molar-refractivity contribution in [3.63, 3.8) is 0 Å². The predicted octanol–water partition coefficient (Wildman–Crippen LogP) is 0.867. The molecule has 82 valence electrons. The summed E-state index contributed by atoms with van der Waals surface area (Å²) in [5.74, 6) is -3.22. The van der Waals surface area contributed by atoms with Crippen LogP contribution in [0.25, 0.3) is 0 Å². The van der Waals surface area contributed by atoms with Crippen molar-refractivity contribution >= 4 is 11.9 Å². The van der Waals surface area contributed by atoms with E-state index in [2.05, 4.69) is 0 Å². The van der Waals surface area contributed by atoms with Gasteiger partial charge in [0, 0.05) is 0 Å². The fraction of sp³-hybridized carbons (Fsp3) is 0.750. The van der Waals surface area contributed by atoms with E-state index in [4.69, 9.17) is 5.11 Å². The van der Waals surface area contributed by atoms with E-state index in [-0.39, 0.29) is 5.92 Å². The first-order chi connectivity index (χ1) is 6.40. The standard InChI is InChI=1S/C8H13F2NO3/c1-3-4(2)5(8(13)14)11-7(12)6(9)10/h4-6H,3H2,1-2H3,(H,11,12)(H,13,14)/t4-,5-/m0/s1. The molecule has 0 radical (unpaired) electrons. The molecule has 2 N–H and O–H groups in total. The number of rotatable bonds is 5. The molecule has 14 heavy (non-hydrogen) atoms. The summed E-state index contributed by atoms with van der Waals surface area (Å²) in [5, 5.41) is 10.4. The average molecular weight is 209 g/mol. The van der Waals surface area contributed by atoms with Gasteiger partial charge in [0.2, 0.25) is 0 Å². The Bertz CT molecular complexity index is 221. The Balaban J connectivity index is 4.38. The van der Waals surface area contributed by atoms with E-state index >= 15 is 0 Å². The molecule has 0 aliphatic carbocycles. The summed E-state index contributed by atoms with van der Waals surface area (Å²) in [6, 6.07) is -1.25. The highest BCUT2D eigenvalue weighted by molar-refractivity contribution is 5.85. The number of carbonyl (C=O) groups excluding carboxylic acids is 1. The number of carboxylic acids is 1. The van der Waals surface area contributed by atoms with Gasteiger partial charge in [-0.15, -0.1) is 0 Å². The molecular formula is C8H13F2NO3. The number of carbonyl (C=O) groups is 2. The molecule has 0 aromatic heterocycles. The third-order valence-corrected chi connectivity index (χ3v) is 1.97. The van der Waals surface area contributed by atoms with Crippen molar-refractivity contribution in [2.45, 2.75) is 32.7 Å². The summed E-state index contributed by atoms with van der Waals surface area (Å²) in [7, 11) is 0. The molecule has 0 saturated carbocycles. The van der Waals surface area contributed by atoms with Gasteiger partial charge in [-0.25, -0.2) is 4.79 Å². The van der Waals surface area contributed by atoms with E-state index in [0.29, 0.717) is 6.42 Å². The lowest BCUT2D eigenvalue weighted by atomic mass is 9.99. The maximum Gasteiger partial charge on any atom is 0.326 e. The molecule has 0 saturated heterocycles. The zero-order chi connectivity index (χ0) is 11.3. The van der Waals surface area contributed by atoms with Crippen LogP contribution in [0.4, 0.5) is 8.78 Å². The first-order valence-corrected chi connectivity index (χ1v) is 4.21. The fourth-order valence-corrected chi connectivity index (χ4v) is 0.899. The third kappa shape index (κ3) is 3.68. The number of alkyl halides is 2. The van der Waals surface area contributed by atoms with Crippen molar-refractivity contribution in [1.29, 1.82) is 0 Å². The Kier molecular flexibility index (Phi) is 5.04. The van der Waals surface area contributed by atoms with E-state index in [0.717, 1.165) is 0 Å². The Morgan fingerprint density at radius 1 is 1.43 bits per heavy atom. The lowest BCUT2D eigenvalue weighted by molar-refractivity contribution is -0.145. The van der Waals surface area contributed by atoms with Crippen LogP contribution in [0.5, 0.6) is 0 Å². The lowest BCUT2D eigenvalue weighted by Gasteiger charge is -2.19. The Morgan fingerprint density at radius 2 is 1.93 bits per heavy atom. The monoisotopic (exact) mass is 209 g/mol. The maximum absolute atomic E-state index is 11.8. The molecule has 0 heterocycles. The molecule has 0 aliphatic rings. The zero-order valence-electron chi connectivity index (χ0n) is 7.96. The van der Waals surface area contributed by atoms with Gasteiger partial charge in [-0.2, -0.15) is 8.78 Å². The molecule has 0 rings (SSSR count). The van der Waals surface area contributed by atoms with Crippen molar-refractivity contribution in [3.05, 3.63) is 0 Å². The summed E-state index contributed by atoms with van der Waals surface area (Å²) >= 11 is 0. The van der Waals surface area contributed by atoms with Crippen molar-refractivity contribution in [2.24, 2.45) is 5.92 Å². The number of hydrogen-bond acceptors (Lipinski definition) is 2. The number of nitrogens with one attached hydrogen (secondary N) is 1. The van der Waals surface area contributed by atoms with E-state index in [1.807, 2.05) is 0 Å². The van der Waals surface area contributed by atoms with E-state index in [1.54, 1.807) is 19.2 Å². The molecule has 0 spiro atoms. The topological polar surface area (TPSA) is 66.4 Å². The fourth-order valence-electron chi connectivity index (χ4n) is 0.899. The van der Waals surface area contributed by atoms with Crippen LogP contribution in [0.1, 0.15) is 20.3 Å². The largest absolute Gasteiger partial charge is 0.480 e. The van der Waals surface area contributed by atoms with Gasteiger partial charge in [0.1, 0.15) is 6.04 Å². The molecule has 0 bridgehead atoms. The molecule has 0 unspecified atom stereocenters. The number of carboxylic acid groups (broad SMARTS) is 1. The van der Waals surface area contributed by atoms with Crippen LogP contribution in [-0.4, -0.2) is 29.5 Å². The highest BCUT2D eigenvalue weighted by Crippen LogP contribution is 2.08. The van der Waals surface area contributed by atoms with Gasteiger partial charge in [-0.3, -0.25) is 4.79 Å². The quantitative estimate of drug-likeness (QED) is 0.705. The van der Waals surface area contributed by atoms with E-state index in [9.17, 15) is 18.4 Å². The van der Waals surface area contributed by atoms with Crippen molar-refractivity contribution in [3.8, 4) is 0 Å². The van der Waals surface area contributed by atoms with Gasteiger partial charge >= 0.3 is 12.4 Å². The Labute approximate surface area is 80.3 Å². The summed E-state index contributed by atoms with van der Waals surface area (Å²) in [5.41, 5.74) is 0. The summed E-state index contributed by atoms with van der Waals surface area (Å²) in [4.78, 5) is 21.2.